The zero-order valence-corrected chi connectivity index (χ0v) is 13.4. The first-order chi connectivity index (χ1) is 12.0. The maximum Gasteiger partial charge on any atom is 0.363 e. The molecule has 0 saturated carbocycles. The number of nitrogens with zero attached hydrogens (tertiary/aromatic N) is 2. The van der Waals surface area contributed by atoms with E-state index in [2.05, 4.69) is 4.99 Å². The second-order valence-electron chi connectivity index (χ2n) is 5.44. The smallest absolute Gasteiger partial charge is 0.363 e. The SMILES string of the molecule is CC(/C=C1\N=C(c2cccc([N+](=O)[O-])c2)OC1=O)=C\c1ccccc1. The standard InChI is InChI=1S/C19H14N2O4/c1-13(10-14-6-3-2-4-7-14)11-17-19(22)25-18(20-17)15-8-5-9-16(12-15)21(23)24/h2-12H,1H3/b13-10+,17-11-. The molecule has 3 rings (SSSR count). The number of non-ortho nitro benzene ring substituents is 1. The van der Waals surface area contributed by atoms with Crippen molar-refractivity contribution in [2.24, 2.45) is 4.99 Å². The Bertz CT molecular complexity index is 927. The first-order valence-electron chi connectivity index (χ1n) is 7.54. The van der Waals surface area contributed by atoms with Crippen LogP contribution in [0.2, 0.25) is 0 Å². The molecule has 124 valence electrons. The highest BCUT2D eigenvalue weighted by Gasteiger charge is 2.25. The number of rotatable bonds is 4. The summed E-state index contributed by atoms with van der Waals surface area (Å²) in [6, 6.07) is 15.5. The Balaban J connectivity index is 1.88. The lowest BCUT2D eigenvalue weighted by Gasteiger charge is -1.98. The van der Waals surface area contributed by atoms with Crippen molar-refractivity contribution in [1.82, 2.24) is 0 Å². The van der Waals surface area contributed by atoms with Crippen LogP contribution in [0, 0.1) is 10.1 Å². The summed E-state index contributed by atoms with van der Waals surface area (Å²) in [7, 11) is 0. The molecular weight excluding hydrogens is 320 g/mol. The van der Waals surface area contributed by atoms with Crippen LogP contribution in [0.15, 0.2) is 76.9 Å². The second-order valence-corrected chi connectivity index (χ2v) is 5.44. The highest BCUT2D eigenvalue weighted by Crippen LogP contribution is 2.21. The van der Waals surface area contributed by atoms with Gasteiger partial charge >= 0.3 is 5.97 Å². The summed E-state index contributed by atoms with van der Waals surface area (Å²) in [5, 5.41) is 10.9. The molecule has 1 heterocycles. The van der Waals surface area contributed by atoms with Gasteiger partial charge in [-0.25, -0.2) is 9.79 Å². The summed E-state index contributed by atoms with van der Waals surface area (Å²) >= 11 is 0. The van der Waals surface area contributed by atoms with E-state index in [9.17, 15) is 14.9 Å². The molecule has 1 aliphatic rings. The first-order valence-corrected chi connectivity index (χ1v) is 7.54. The van der Waals surface area contributed by atoms with E-state index in [0.29, 0.717) is 5.56 Å². The molecule has 0 bridgehead atoms. The van der Waals surface area contributed by atoms with Gasteiger partial charge in [0.1, 0.15) is 0 Å². The summed E-state index contributed by atoms with van der Waals surface area (Å²) < 4.78 is 5.14. The molecule has 0 fully saturated rings. The highest BCUT2D eigenvalue weighted by atomic mass is 16.6. The van der Waals surface area contributed by atoms with Crippen molar-refractivity contribution in [3.8, 4) is 0 Å². The minimum absolute atomic E-state index is 0.0625. The van der Waals surface area contributed by atoms with Crippen LogP contribution in [0.3, 0.4) is 0 Å². The zero-order chi connectivity index (χ0) is 17.8. The number of nitro benzene ring substituents is 1. The number of aliphatic imine (C=N–C) groups is 1. The van der Waals surface area contributed by atoms with Gasteiger partial charge in [-0.05, 0) is 30.2 Å². The Kier molecular flexibility index (Phi) is 4.52. The topological polar surface area (TPSA) is 81.8 Å². The summed E-state index contributed by atoms with van der Waals surface area (Å²) in [5.74, 6) is -0.519. The van der Waals surface area contributed by atoms with Gasteiger partial charge in [0.05, 0.1) is 4.92 Å². The molecular formula is C19H14N2O4. The maximum absolute atomic E-state index is 12.0. The number of hydrogen-bond donors (Lipinski definition) is 0. The van der Waals surface area contributed by atoms with E-state index in [1.165, 1.54) is 18.2 Å². The van der Waals surface area contributed by atoms with Gasteiger partial charge in [-0.1, -0.05) is 42.5 Å². The lowest BCUT2D eigenvalue weighted by Crippen LogP contribution is -2.05. The Labute approximate surface area is 143 Å². The number of ether oxygens (including phenoxy) is 1. The van der Waals surface area contributed by atoms with Gasteiger partial charge in [-0.2, -0.15) is 0 Å². The average molecular weight is 334 g/mol. The normalized spacial score (nSPS) is 15.9. The summed E-state index contributed by atoms with van der Waals surface area (Å²) in [6.07, 6.45) is 3.54. The number of carbonyl (C=O) groups excluding carboxylic acids is 1. The Morgan fingerprint density at radius 1 is 1.16 bits per heavy atom. The van der Waals surface area contributed by atoms with Gasteiger partial charge in [0.15, 0.2) is 5.70 Å². The van der Waals surface area contributed by atoms with E-state index in [1.807, 2.05) is 43.3 Å². The zero-order valence-electron chi connectivity index (χ0n) is 13.4. The fourth-order valence-corrected chi connectivity index (χ4v) is 2.35. The Morgan fingerprint density at radius 3 is 2.64 bits per heavy atom. The molecule has 0 saturated heterocycles. The lowest BCUT2D eigenvalue weighted by atomic mass is 10.1. The van der Waals surface area contributed by atoms with Gasteiger partial charge in [0.2, 0.25) is 5.90 Å². The fourth-order valence-electron chi connectivity index (χ4n) is 2.35. The third-order valence-corrected chi connectivity index (χ3v) is 3.48. The third-order valence-electron chi connectivity index (χ3n) is 3.48. The minimum atomic E-state index is -0.581. The molecule has 25 heavy (non-hydrogen) atoms. The van der Waals surface area contributed by atoms with E-state index >= 15 is 0 Å². The van der Waals surface area contributed by atoms with Gasteiger partial charge in [0.25, 0.3) is 5.69 Å². The van der Waals surface area contributed by atoms with Crippen LogP contribution in [-0.4, -0.2) is 16.8 Å². The van der Waals surface area contributed by atoms with Crippen LogP contribution in [0.5, 0.6) is 0 Å². The number of carbonyl (C=O) groups is 1. The molecule has 0 radical (unpaired) electrons. The number of cyclic esters (lactones) is 1. The van der Waals surface area contributed by atoms with Crippen LogP contribution in [0.25, 0.3) is 6.08 Å². The number of esters is 1. The lowest BCUT2D eigenvalue weighted by molar-refractivity contribution is -0.384. The van der Waals surface area contributed by atoms with E-state index in [1.54, 1.807) is 12.1 Å². The van der Waals surface area contributed by atoms with Gasteiger partial charge in [-0.3, -0.25) is 10.1 Å². The Hall–Kier alpha value is -3.54. The summed E-state index contributed by atoms with van der Waals surface area (Å²) in [5.41, 5.74) is 2.30. The number of nitro groups is 1. The number of hydrogen-bond acceptors (Lipinski definition) is 5. The van der Waals surface area contributed by atoms with Gasteiger partial charge < -0.3 is 4.74 Å². The minimum Gasteiger partial charge on any atom is -0.402 e. The van der Waals surface area contributed by atoms with Crippen molar-refractivity contribution in [2.45, 2.75) is 6.92 Å². The maximum atomic E-state index is 12.0. The summed E-state index contributed by atoms with van der Waals surface area (Å²) in [6.45, 7) is 1.86. The number of allylic oxidation sites excluding steroid dienone is 2. The van der Waals surface area contributed by atoms with E-state index in [4.69, 9.17) is 4.74 Å². The van der Waals surface area contributed by atoms with Gasteiger partial charge in [0, 0.05) is 17.7 Å². The molecule has 0 unspecified atom stereocenters. The van der Waals surface area contributed by atoms with Crippen molar-refractivity contribution in [2.75, 3.05) is 0 Å². The molecule has 2 aromatic carbocycles. The van der Waals surface area contributed by atoms with Crippen LogP contribution in [0.1, 0.15) is 18.1 Å². The molecule has 0 atom stereocenters. The second kappa shape index (κ2) is 6.92. The number of benzene rings is 2. The van der Waals surface area contributed by atoms with Crippen LogP contribution in [0.4, 0.5) is 5.69 Å². The molecule has 0 amide bonds. The Morgan fingerprint density at radius 2 is 1.92 bits per heavy atom. The van der Waals surface area contributed by atoms with Crippen molar-refractivity contribution in [3.05, 3.63) is 93.2 Å². The summed E-state index contributed by atoms with van der Waals surface area (Å²) in [4.78, 5) is 26.5. The predicted molar refractivity (Wildman–Crippen MR) is 93.9 cm³/mol. The van der Waals surface area contributed by atoms with E-state index < -0.39 is 10.9 Å². The molecule has 0 N–H and O–H groups in total. The molecule has 1 aliphatic heterocycles. The molecule has 0 spiro atoms. The average Bonchev–Trinajstić information content (AvgIpc) is 2.96. The van der Waals surface area contributed by atoms with Crippen LogP contribution >= 0.6 is 0 Å². The largest absolute Gasteiger partial charge is 0.402 e. The van der Waals surface area contributed by atoms with Crippen molar-refractivity contribution >= 4 is 23.6 Å². The third kappa shape index (κ3) is 3.87. The molecule has 2 aromatic rings. The van der Waals surface area contributed by atoms with Crippen molar-refractivity contribution in [3.63, 3.8) is 0 Å². The van der Waals surface area contributed by atoms with Crippen molar-refractivity contribution < 1.29 is 14.5 Å². The first kappa shape index (κ1) is 16.3. The van der Waals surface area contributed by atoms with Gasteiger partial charge in [-0.15, -0.1) is 0 Å². The highest BCUT2D eigenvalue weighted by molar-refractivity contribution is 6.11. The van der Waals surface area contributed by atoms with Crippen molar-refractivity contribution in [1.29, 1.82) is 0 Å². The molecule has 0 aliphatic carbocycles. The molecule has 6 heteroatoms. The van der Waals surface area contributed by atoms with E-state index in [0.717, 1.165) is 11.1 Å². The quantitative estimate of drug-likeness (QED) is 0.368. The van der Waals surface area contributed by atoms with Crippen LogP contribution < -0.4 is 0 Å². The van der Waals surface area contributed by atoms with E-state index in [-0.39, 0.29) is 17.3 Å². The predicted octanol–water partition coefficient (Wildman–Crippen LogP) is 3.89. The fraction of sp³-hybridized carbons (Fsp3) is 0.0526. The molecule has 0 aromatic heterocycles. The monoisotopic (exact) mass is 334 g/mol. The van der Waals surface area contributed by atoms with Crippen LogP contribution in [-0.2, 0) is 9.53 Å². The molecule has 6 nitrogen and oxygen atoms in total.